The summed E-state index contributed by atoms with van der Waals surface area (Å²) in [6.45, 7) is 5.00. The minimum Gasteiger partial charge on any atom is -0.455 e. The highest BCUT2D eigenvalue weighted by Gasteiger charge is 2.41. The highest BCUT2D eigenvalue weighted by atomic mass is 35.5. The first-order valence-electron chi connectivity index (χ1n) is 21.3. The summed E-state index contributed by atoms with van der Waals surface area (Å²) >= 11 is 7.31. The van der Waals surface area contributed by atoms with Gasteiger partial charge in [0.15, 0.2) is 5.95 Å². The second kappa shape index (κ2) is 17.5. The van der Waals surface area contributed by atoms with Crippen molar-refractivity contribution in [3.8, 4) is 11.5 Å². The van der Waals surface area contributed by atoms with Crippen molar-refractivity contribution in [3.63, 3.8) is 0 Å². The molecule has 10 nitrogen and oxygen atoms in total. The molecule has 312 valence electrons. The number of fused-ring (bicyclic) bond motifs is 1. The summed E-state index contributed by atoms with van der Waals surface area (Å²) < 4.78 is 24.4. The fourth-order valence-electron chi connectivity index (χ4n) is 9.26. The Morgan fingerprint density at radius 1 is 1.05 bits per heavy atom. The SMILES string of the molecule is N=C1C=C(SNC(=O)c2ccc(N3CCN(CC4=C(c5ccc(Cl)cc5)CC5(CCC5)CC4)CC3)cc2Oc2cnc3[nH]ccc3c2)C=C(N)/C1=C(\F)NCCC1CCC1. The smallest absolute Gasteiger partial charge is 0.265 e. The Balaban J connectivity index is 0.883. The Hall–Kier alpha value is -5.04. The molecule has 2 aromatic heterocycles. The molecule has 0 bridgehead atoms. The third-order valence-corrected chi connectivity index (χ3v) is 14.2. The van der Waals surface area contributed by atoms with E-state index in [1.54, 1.807) is 23.9 Å². The van der Waals surface area contributed by atoms with Gasteiger partial charge in [-0.3, -0.25) is 19.8 Å². The van der Waals surface area contributed by atoms with Gasteiger partial charge in [-0.25, -0.2) is 4.98 Å². The van der Waals surface area contributed by atoms with Gasteiger partial charge in [-0.05, 0) is 121 Å². The summed E-state index contributed by atoms with van der Waals surface area (Å²) in [6.07, 6.45) is 18.7. The molecule has 3 fully saturated rings. The number of nitrogens with zero attached hydrogens (tertiary/aromatic N) is 3. The van der Waals surface area contributed by atoms with Crippen LogP contribution in [0.3, 0.4) is 0 Å². The number of piperazine rings is 1. The molecule has 1 aliphatic heterocycles. The fraction of sp³-hybridized carbons (Fsp3) is 0.383. The van der Waals surface area contributed by atoms with Crippen LogP contribution in [0.5, 0.6) is 11.5 Å². The third kappa shape index (κ3) is 8.87. The average Bonchev–Trinajstić information content (AvgIpc) is 3.69. The number of halogens is 2. The molecule has 0 unspecified atom stereocenters. The molecule has 6 N–H and O–H groups in total. The maximum atomic E-state index is 15.1. The van der Waals surface area contributed by atoms with Gasteiger partial charge in [0.05, 0.1) is 23.0 Å². The number of anilines is 1. The van der Waals surface area contributed by atoms with Crippen molar-refractivity contribution in [2.75, 3.05) is 44.2 Å². The van der Waals surface area contributed by atoms with Crippen LogP contribution in [0, 0.1) is 16.7 Å². The van der Waals surface area contributed by atoms with Gasteiger partial charge in [-0.15, -0.1) is 0 Å². The van der Waals surface area contributed by atoms with Crippen LogP contribution in [0.4, 0.5) is 10.1 Å². The molecular weight excluding hydrogens is 795 g/mol. The number of aromatic amines is 1. The molecule has 0 radical (unpaired) electrons. The van der Waals surface area contributed by atoms with E-state index in [0.29, 0.717) is 39.8 Å². The quantitative estimate of drug-likeness (QED) is 0.0663. The molecule has 1 saturated heterocycles. The Bertz CT molecular complexity index is 2410. The Labute approximate surface area is 360 Å². The van der Waals surface area contributed by atoms with E-state index >= 15 is 4.39 Å². The predicted octanol–water partition coefficient (Wildman–Crippen LogP) is 10.0. The van der Waals surface area contributed by atoms with Crippen LogP contribution < -0.4 is 25.4 Å². The van der Waals surface area contributed by atoms with Crippen molar-refractivity contribution in [1.82, 2.24) is 24.9 Å². The van der Waals surface area contributed by atoms with E-state index in [0.717, 1.165) is 79.3 Å². The molecular formula is C47H52ClFN8O2S. The topological polar surface area (TPSA) is 135 Å². The van der Waals surface area contributed by atoms with Gasteiger partial charge in [0, 0.05) is 78.2 Å². The second-order valence-corrected chi connectivity index (χ2v) is 18.4. The van der Waals surface area contributed by atoms with Crippen LogP contribution in [-0.2, 0) is 0 Å². The molecule has 13 heteroatoms. The fourth-order valence-corrected chi connectivity index (χ4v) is 10.1. The lowest BCUT2D eigenvalue weighted by Gasteiger charge is -2.47. The lowest BCUT2D eigenvalue weighted by atomic mass is 9.59. The van der Waals surface area contributed by atoms with E-state index in [1.165, 1.54) is 68.6 Å². The molecule has 2 aromatic carbocycles. The predicted molar refractivity (Wildman–Crippen MR) is 241 cm³/mol. The largest absolute Gasteiger partial charge is 0.455 e. The molecule has 60 heavy (non-hydrogen) atoms. The van der Waals surface area contributed by atoms with Crippen LogP contribution >= 0.6 is 23.5 Å². The highest BCUT2D eigenvalue weighted by Crippen LogP contribution is 2.55. The summed E-state index contributed by atoms with van der Waals surface area (Å²) in [5.74, 6) is 0.568. The average molecular weight is 848 g/mol. The zero-order valence-electron chi connectivity index (χ0n) is 33.8. The molecule has 2 saturated carbocycles. The number of H-pyrrole nitrogens is 1. The minimum absolute atomic E-state index is 0.0371. The van der Waals surface area contributed by atoms with Gasteiger partial charge >= 0.3 is 0 Å². The monoisotopic (exact) mass is 846 g/mol. The number of ether oxygens (including phenoxy) is 1. The van der Waals surface area contributed by atoms with E-state index in [4.69, 9.17) is 27.5 Å². The van der Waals surface area contributed by atoms with Crippen molar-refractivity contribution in [2.45, 2.75) is 64.2 Å². The van der Waals surface area contributed by atoms with Crippen LogP contribution in [0.25, 0.3) is 16.6 Å². The maximum absolute atomic E-state index is 15.1. The molecule has 1 spiro atoms. The molecule has 1 amide bonds. The summed E-state index contributed by atoms with van der Waals surface area (Å²) in [5, 5.41) is 13.0. The van der Waals surface area contributed by atoms with Crippen LogP contribution in [0.15, 0.2) is 107 Å². The number of aromatic nitrogens is 2. The van der Waals surface area contributed by atoms with Gasteiger partial charge in [0.25, 0.3) is 5.91 Å². The Kier molecular flexibility index (Phi) is 11.8. The van der Waals surface area contributed by atoms with E-state index in [2.05, 4.69) is 41.9 Å². The molecule has 5 aliphatic rings. The van der Waals surface area contributed by atoms with Crippen LogP contribution in [0.2, 0.25) is 5.02 Å². The van der Waals surface area contributed by atoms with E-state index in [-0.39, 0.29) is 22.9 Å². The molecule has 0 atom stereocenters. The van der Waals surface area contributed by atoms with Crippen molar-refractivity contribution in [1.29, 1.82) is 5.41 Å². The highest BCUT2D eigenvalue weighted by molar-refractivity contribution is 8.02. The number of nitrogens with one attached hydrogen (secondary N) is 4. The molecule has 4 aromatic rings. The maximum Gasteiger partial charge on any atom is 0.265 e. The standard InChI is InChI=1S/C47H52ClFN8O2S/c48-34-7-5-31(6-8-34)39-27-47(14-2-15-47)16-11-33(39)29-56-19-21-57(22-20-56)35-9-10-38(42(24-35)59-36-23-32-13-18-53-45(32)54-28-36)46(58)55-60-37-25-40(50)43(41(51)26-37)44(49)52-17-12-30-3-1-4-30/h5-10,13,18,23-26,28,30,50,52H,1-4,11-12,14-17,19-22,27,29,51H2,(H,53,54)(H,55,58)/b44-43+,50-40?. The van der Waals surface area contributed by atoms with Crippen molar-refractivity contribution in [3.05, 3.63) is 123 Å². The number of benzene rings is 2. The molecule has 3 heterocycles. The third-order valence-electron chi connectivity index (χ3n) is 13.2. The summed E-state index contributed by atoms with van der Waals surface area (Å²) in [5.41, 5.74) is 13.3. The van der Waals surface area contributed by atoms with Gasteiger partial charge in [-0.2, -0.15) is 4.39 Å². The van der Waals surface area contributed by atoms with Crippen molar-refractivity contribution < 1.29 is 13.9 Å². The number of rotatable bonds is 13. The van der Waals surface area contributed by atoms with Gasteiger partial charge in [-0.1, -0.05) is 55.0 Å². The first-order chi connectivity index (χ1) is 29.2. The van der Waals surface area contributed by atoms with Crippen molar-refractivity contribution in [2.24, 2.45) is 17.1 Å². The number of allylic oxidation sites excluding steroid dienone is 4. The molecule has 9 rings (SSSR count). The summed E-state index contributed by atoms with van der Waals surface area (Å²) in [4.78, 5) is 26.9. The number of pyridine rings is 1. The number of hydrogen-bond donors (Lipinski definition) is 5. The van der Waals surface area contributed by atoms with Crippen molar-refractivity contribution >= 4 is 57.5 Å². The number of carbonyl (C=O) groups excluding carboxylic acids is 1. The summed E-state index contributed by atoms with van der Waals surface area (Å²) in [7, 11) is 0. The molecule has 4 aliphatic carbocycles. The van der Waals surface area contributed by atoms with Gasteiger partial charge in [0.2, 0.25) is 0 Å². The Morgan fingerprint density at radius 3 is 2.60 bits per heavy atom. The number of hydrogen-bond acceptors (Lipinski definition) is 9. The minimum atomic E-state index is -0.598. The van der Waals surface area contributed by atoms with Crippen LogP contribution in [0.1, 0.15) is 80.1 Å². The number of carbonyl (C=O) groups is 1. The second-order valence-electron chi connectivity index (χ2n) is 17.0. The Morgan fingerprint density at radius 2 is 1.87 bits per heavy atom. The first-order valence-corrected chi connectivity index (χ1v) is 22.5. The number of amides is 1. The zero-order valence-corrected chi connectivity index (χ0v) is 35.4. The van der Waals surface area contributed by atoms with E-state index < -0.39 is 5.95 Å². The summed E-state index contributed by atoms with van der Waals surface area (Å²) in [6, 6.07) is 17.9. The van der Waals surface area contributed by atoms with Crippen LogP contribution in [-0.4, -0.2) is 65.8 Å². The zero-order chi connectivity index (χ0) is 41.2. The van der Waals surface area contributed by atoms with Gasteiger partial charge < -0.3 is 25.7 Å². The van der Waals surface area contributed by atoms with Gasteiger partial charge in [0.1, 0.15) is 17.1 Å². The lowest BCUT2D eigenvalue weighted by molar-refractivity contribution is 0.0982. The first kappa shape index (κ1) is 40.4. The number of nitrogens with two attached hydrogens (primary N) is 1. The van der Waals surface area contributed by atoms with E-state index in [1.807, 2.05) is 42.6 Å². The lowest BCUT2D eigenvalue weighted by Crippen LogP contribution is -2.47. The normalized spacial score (nSPS) is 20.4. The van der Waals surface area contributed by atoms with E-state index in [9.17, 15) is 4.79 Å².